The largest absolute Gasteiger partial charge is 0.368 e. The third kappa shape index (κ3) is 3.36. The minimum atomic E-state index is -0.492. The molecule has 0 unspecified atom stereocenters. The Hall–Kier alpha value is -1.06. The van der Waals surface area contributed by atoms with Gasteiger partial charge in [0, 0.05) is 13.5 Å². The fourth-order valence-electron chi connectivity index (χ4n) is 1.51. The molecule has 0 spiro atoms. The molecule has 0 saturated carbocycles. The summed E-state index contributed by atoms with van der Waals surface area (Å²) in [6.45, 7) is 5.69. The van der Waals surface area contributed by atoms with Gasteiger partial charge in [0.05, 0.1) is 0 Å². The van der Waals surface area contributed by atoms with Gasteiger partial charge in [0.2, 0.25) is 11.8 Å². The minimum Gasteiger partial charge on any atom is -0.368 e. The lowest BCUT2D eigenvalue weighted by atomic mass is 10.0. The number of hydrogen-bond donors (Lipinski definition) is 1. The lowest BCUT2D eigenvalue weighted by molar-refractivity contribution is -0.139. The van der Waals surface area contributed by atoms with Crippen LogP contribution < -0.4 is 5.73 Å². The number of carbonyl (C=O) groups excluding carboxylic acids is 2. The molecule has 0 rings (SSSR count). The normalized spacial score (nSPS) is 12.6. The predicted molar refractivity (Wildman–Crippen MR) is 55.5 cm³/mol. The Morgan fingerprint density at radius 2 is 1.86 bits per heavy atom. The van der Waals surface area contributed by atoms with Crippen molar-refractivity contribution in [2.75, 3.05) is 7.05 Å². The predicted octanol–water partition coefficient (Wildman–Crippen LogP) is 0.755. The van der Waals surface area contributed by atoms with Gasteiger partial charge in [0.15, 0.2) is 0 Å². The number of amides is 2. The minimum absolute atomic E-state index is 0.0231. The van der Waals surface area contributed by atoms with E-state index < -0.39 is 11.9 Å². The van der Waals surface area contributed by atoms with Crippen LogP contribution in [0.15, 0.2) is 0 Å². The number of carbonyl (C=O) groups is 2. The van der Waals surface area contributed by atoms with Crippen molar-refractivity contribution in [1.82, 2.24) is 4.90 Å². The second-order valence-corrected chi connectivity index (χ2v) is 3.85. The van der Waals surface area contributed by atoms with Crippen LogP contribution in [0.5, 0.6) is 0 Å². The smallest absolute Gasteiger partial charge is 0.240 e. The second-order valence-electron chi connectivity index (χ2n) is 3.85. The standard InChI is InChI=1S/C10H20N2O2/c1-5-6-8(13)12(4)9(7(2)3)10(11)14/h7,9H,5-6H2,1-4H3,(H2,11,14)/t9-/m0/s1. The van der Waals surface area contributed by atoms with E-state index in [1.165, 1.54) is 4.90 Å². The molecule has 0 aliphatic rings. The van der Waals surface area contributed by atoms with Crippen LogP contribution in [-0.4, -0.2) is 29.8 Å². The Morgan fingerprint density at radius 3 is 2.14 bits per heavy atom. The first-order valence-corrected chi connectivity index (χ1v) is 4.96. The Labute approximate surface area is 85.4 Å². The highest BCUT2D eigenvalue weighted by atomic mass is 16.2. The molecule has 82 valence electrons. The number of hydrogen-bond acceptors (Lipinski definition) is 2. The lowest BCUT2D eigenvalue weighted by Crippen LogP contribution is -2.48. The summed E-state index contributed by atoms with van der Waals surface area (Å²) in [5.41, 5.74) is 5.24. The summed E-state index contributed by atoms with van der Waals surface area (Å²) >= 11 is 0. The van der Waals surface area contributed by atoms with Gasteiger partial charge in [0.25, 0.3) is 0 Å². The quantitative estimate of drug-likeness (QED) is 0.712. The fourth-order valence-corrected chi connectivity index (χ4v) is 1.51. The van der Waals surface area contributed by atoms with Crippen LogP contribution >= 0.6 is 0 Å². The number of primary amides is 1. The third-order valence-corrected chi connectivity index (χ3v) is 2.20. The highest BCUT2D eigenvalue weighted by Gasteiger charge is 2.26. The Morgan fingerprint density at radius 1 is 1.36 bits per heavy atom. The first kappa shape index (κ1) is 12.9. The van der Waals surface area contributed by atoms with Crippen LogP contribution in [0.25, 0.3) is 0 Å². The summed E-state index contributed by atoms with van der Waals surface area (Å²) in [4.78, 5) is 24.1. The van der Waals surface area contributed by atoms with Crippen molar-refractivity contribution in [3.05, 3.63) is 0 Å². The molecule has 0 fully saturated rings. The molecule has 14 heavy (non-hydrogen) atoms. The van der Waals surface area contributed by atoms with Gasteiger partial charge in [-0.15, -0.1) is 0 Å². The van der Waals surface area contributed by atoms with Gasteiger partial charge in [-0.05, 0) is 12.3 Å². The molecular formula is C10H20N2O2. The van der Waals surface area contributed by atoms with E-state index >= 15 is 0 Å². The van der Waals surface area contributed by atoms with E-state index in [-0.39, 0.29) is 11.8 Å². The summed E-state index contributed by atoms with van der Waals surface area (Å²) < 4.78 is 0. The van der Waals surface area contributed by atoms with E-state index in [9.17, 15) is 9.59 Å². The molecule has 2 amide bonds. The van der Waals surface area contributed by atoms with E-state index in [1.807, 2.05) is 20.8 Å². The monoisotopic (exact) mass is 200 g/mol. The SMILES string of the molecule is CCCC(=O)N(C)[C@H](C(N)=O)C(C)C. The van der Waals surface area contributed by atoms with E-state index in [0.29, 0.717) is 6.42 Å². The van der Waals surface area contributed by atoms with Crippen molar-refractivity contribution in [3.63, 3.8) is 0 Å². The zero-order valence-electron chi connectivity index (χ0n) is 9.41. The topological polar surface area (TPSA) is 63.4 Å². The molecule has 0 aliphatic heterocycles. The molecule has 0 aromatic heterocycles. The maximum absolute atomic E-state index is 11.5. The summed E-state index contributed by atoms with van der Waals surface area (Å²) in [7, 11) is 1.63. The maximum atomic E-state index is 11.5. The van der Waals surface area contributed by atoms with Crippen LogP contribution in [0.4, 0.5) is 0 Å². The first-order valence-electron chi connectivity index (χ1n) is 4.96. The van der Waals surface area contributed by atoms with Crippen LogP contribution in [-0.2, 0) is 9.59 Å². The Kier molecular flexibility index (Phi) is 5.20. The summed E-state index contributed by atoms with van der Waals surface area (Å²) in [5.74, 6) is -0.407. The van der Waals surface area contributed by atoms with Crippen LogP contribution in [0.2, 0.25) is 0 Å². The zero-order chi connectivity index (χ0) is 11.3. The van der Waals surface area contributed by atoms with Gasteiger partial charge >= 0.3 is 0 Å². The number of nitrogens with two attached hydrogens (primary N) is 1. The third-order valence-electron chi connectivity index (χ3n) is 2.20. The van der Waals surface area contributed by atoms with Crippen LogP contribution in [0.1, 0.15) is 33.6 Å². The Bertz CT molecular complexity index is 214. The number of rotatable bonds is 5. The molecule has 0 radical (unpaired) electrons. The van der Waals surface area contributed by atoms with Gasteiger partial charge in [-0.3, -0.25) is 9.59 Å². The molecule has 0 aliphatic carbocycles. The van der Waals surface area contributed by atoms with Gasteiger partial charge < -0.3 is 10.6 Å². The molecule has 4 nitrogen and oxygen atoms in total. The highest BCUT2D eigenvalue weighted by molar-refractivity contribution is 5.86. The molecule has 2 N–H and O–H groups in total. The average Bonchev–Trinajstić information content (AvgIpc) is 2.03. The Balaban J connectivity index is 4.51. The van der Waals surface area contributed by atoms with Crippen molar-refractivity contribution in [2.45, 2.75) is 39.7 Å². The molecular weight excluding hydrogens is 180 g/mol. The molecule has 0 bridgehead atoms. The summed E-state index contributed by atoms with van der Waals surface area (Å²) in [6, 6.07) is -0.492. The number of likely N-dealkylation sites (N-methyl/N-ethyl adjacent to an activating group) is 1. The van der Waals surface area contributed by atoms with Gasteiger partial charge in [-0.1, -0.05) is 20.8 Å². The van der Waals surface area contributed by atoms with E-state index in [4.69, 9.17) is 5.73 Å². The first-order chi connectivity index (χ1) is 6.41. The fraction of sp³-hybridized carbons (Fsp3) is 0.800. The zero-order valence-corrected chi connectivity index (χ0v) is 9.41. The van der Waals surface area contributed by atoms with Crippen LogP contribution in [0, 0.1) is 5.92 Å². The van der Waals surface area contributed by atoms with E-state index in [1.54, 1.807) is 7.05 Å². The summed E-state index contributed by atoms with van der Waals surface area (Å²) in [6.07, 6.45) is 1.25. The molecule has 1 atom stereocenters. The number of nitrogens with zero attached hydrogens (tertiary/aromatic N) is 1. The van der Waals surface area contributed by atoms with Crippen molar-refractivity contribution in [1.29, 1.82) is 0 Å². The molecule has 0 aromatic rings. The average molecular weight is 200 g/mol. The molecule has 4 heteroatoms. The van der Waals surface area contributed by atoms with Gasteiger partial charge in [-0.25, -0.2) is 0 Å². The van der Waals surface area contributed by atoms with Crippen LogP contribution in [0.3, 0.4) is 0 Å². The maximum Gasteiger partial charge on any atom is 0.240 e. The molecule has 0 heterocycles. The summed E-state index contributed by atoms with van der Waals surface area (Å²) in [5, 5.41) is 0. The lowest BCUT2D eigenvalue weighted by Gasteiger charge is -2.28. The molecule has 0 aromatic carbocycles. The highest BCUT2D eigenvalue weighted by Crippen LogP contribution is 2.10. The van der Waals surface area contributed by atoms with Gasteiger partial charge in [-0.2, -0.15) is 0 Å². The van der Waals surface area contributed by atoms with Crippen molar-refractivity contribution >= 4 is 11.8 Å². The van der Waals surface area contributed by atoms with Crippen molar-refractivity contribution in [2.24, 2.45) is 11.7 Å². The van der Waals surface area contributed by atoms with E-state index in [2.05, 4.69) is 0 Å². The van der Waals surface area contributed by atoms with Gasteiger partial charge in [0.1, 0.15) is 6.04 Å². The van der Waals surface area contributed by atoms with E-state index in [0.717, 1.165) is 6.42 Å². The van der Waals surface area contributed by atoms with Crippen molar-refractivity contribution < 1.29 is 9.59 Å². The molecule has 0 saturated heterocycles. The second kappa shape index (κ2) is 5.62. The van der Waals surface area contributed by atoms with Crippen molar-refractivity contribution in [3.8, 4) is 0 Å².